The summed E-state index contributed by atoms with van der Waals surface area (Å²) in [6.45, 7) is 5.75. The van der Waals surface area contributed by atoms with E-state index in [0.717, 1.165) is 12.0 Å². The number of aromatic nitrogens is 1. The van der Waals surface area contributed by atoms with Crippen molar-refractivity contribution < 1.29 is 4.39 Å². The van der Waals surface area contributed by atoms with Crippen molar-refractivity contribution in [1.29, 1.82) is 0 Å². The van der Waals surface area contributed by atoms with E-state index < -0.39 is 0 Å². The van der Waals surface area contributed by atoms with Crippen LogP contribution in [0, 0.1) is 5.82 Å². The van der Waals surface area contributed by atoms with Crippen molar-refractivity contribution in [1.82, 2.24) is 10.3 Å². The lowest BCUT2D eigenvalue weighted by Crippen LogP contribution is -2.18. The van der Waals surface area contributed by atoms with Crippen LogP contribution in [0.3, 0.4) is 0 Å². The zero-order chi connectivity index (χ0) is 10.6. The molecule has 1 aromatic heterocycles. The summed E-state index contributed by atoms with van der Waals surface area (Å²) in [6.07, 6.45) is 3.57. The molecule has 76 valence electrons. The molecule has 1 aromatic rings. The fourth-order valence-corrected chi connectivity index (χ4v) is 1.38. The summed E-state index contributed by atoms with van der Waals surface area (Å²) in [5, 5.41) is 3.06. The predicted octanol–water partition coefficient (Wildman–Crippen LogP) is 2.45. The highest BCUT2D eigenvalue weighted by atomic mass is 19.1. The molecule has 0 aliphatic heterocycles. The molecule has 0 amide bonds. The maximum atomic E-state index is 13.3. The maximum absolute atomic E-state index is 13.3. The van der Waals surface area contributed by atoms with Crippen molar-refractivity contribution in [2.75, 3.05) is 7.05 Å². The van der Waals surface area contributed by atoms with Gasteiger partial charge in [0.1, 0.15) is 5.82 Å². The van der Waals surface area contributed by atoms with Gasteiger partial charge < -0.3 is 5.32 Å². The minimum absolute atomic E-state index is 0.0181. The van der Waals surface area contributed by atoms with Crippen LogP contribution in [0.15, 0.2) is 30.6 Å². The number of hydrogen-bond acceptors (Lipinski definition) is 2. The van der Waals surface area contributed by atoms with Gasteiger partial charge in [0.25, 0.3) is 0 Å². The number of nitrogens with zero attached hydrogens (tertiary/aromatic N) is 1. The first-order valence-electron chi connectivity index (χ1n) is 4.56. The Labute approximate surface area is 83.9 Å². The highest BCUT2D eigenvalue weighted by Gasteiger charge is 2.13. The van der Waals surface area contributed by atoms with Crippen molar-refractivity contribution in [3.63, 3.8) is 0 Å². The van der Waals surface area contributed by atoms with Gasteiger partial charge in [-0.3, -0.25) is 4.98 Å². The van der Waals surface area contributed by atoms with Gasteiger partial charge in [-0.25, -0.2) is 4.39 Å². The molecule has 1 heterocycles. The predicted molar refractivity (Wildman–Crippen MR) is 55.4 cm³/mol. The van der Waals surface area contributed by atoms with E-state index in [2.05, 4.69) is 16.9 Å². The van der Waals surface area contributed by atoms with Gasteiger partial charge in [-0.2, -0.15) is 0 Å². The van der Waals surface area contributed by atoms with Gasteiger partial charge in [0, 0.05) is 17.8 Å². The maximum Gasteiger partial charge on any atom is 0.146 e. The zero-order valence-electron chi connectivity index (χ0n) is 8.55. The Bertz CT molecular complexity index is 323. The van der Waals surface area contributed by atoms with Gasteiger partial charge in [-0.1, -0.05) is 5.57 Å². The molecule has 0 aliphatic rings. The molecular formula is C11H15FN2. The first-order chi connectivity index (χ1) is 6.65. The smallest absolute Gasteiger partial charge is 0.146 e. The zero-order valence-corrected chi connectivity index (χ0v) is 8.55. The Balaban J connectivity index is 2.89. The van der Waals surface area contributed by atoms with Crippen LogP contribution < -0.4 is 5.32 Å². The Hall–Kier alpha value is -1.22. The van der Waals surface area contributed by atoms with E-state index in [9.17, 15) is 4.39 Å². The molecule has 0 saturated heterocycles. The van der Waals surface area contributed by atoms with Crippen LogP contribution in [0.1, 0.15) is 24.9 Å². The third-order valence-corrected chi connectivity index (χ3v) is 2.08. The van der Waals surface area contributed by atoms with Gasteiger partial charge >= 0.3 is 0 Å². The summed E-state index contributed by atoms with van der Waals surface area (Å²) in [5.41, 5.74) is 1.67. The van der Waals surface area contributed by atoms with E-state index in [1.807, 2.05) is 14.0 Å². The molecule has 1 N–H and O–H groups in total. The molecular weight excluding hydrogens is 179 g/mol. The molecule has 1 unspecified atom stereocenters. The van der Waals surface area contributed by atoms with Crippen molar-refractivity contribution in [2.45, 2.75) is 19.4 Å². The number of pyridine rings is 1. The summed E-state index contributed by atoms with van der Waals surface area (Å²) in [6, 6.07) is 1.68. The molecule has 0 spiro atoms. The van der Waals surface area contributed by atoms with E-state index in [-0.39, 0.29) is 11.9 Å². The summed E-state index contributed by atoms with van der Waals surface area (Å²) in [4.78, 5) is 3.72. The van der Waals surface area contributed by atoms with Crippen molar-refractivity contribution in [3.8, 4) is 0 Å². The normalized spacial score (nSPS) is 12.5. The number of hydrogen-bond donors (Lipinski definition) is 1. The second-order valence-electron chi connectivity index (χ2n) is 3.40. The van der Waals surface area contributed by atoms with Gasteiger partial charge in [-0.05, 0) is 26.5 Å². The highest BCUT2D eigenvalue weighted by Crippen LogP contribution is 2.21. The van der Waals surface area contributed by atoms with E-state index in [1.54, 1.807) is 12.3 Å². The van der Waals surface area contributed by atoms with Crippen molar-refractivity contribution >= 4 is 0 Å². The van der Waals surface area contributed by atoms with Crippen LogP contribution in [0.5, 0.6) is 0 Å². The van der Waals surface area contributed by atoms with E-state index in [4.69, 9.17) is 0 Å². The molecule has 1 rings (SSSR count). The lowest BCUT2D eigenvalue weighted by Gasteiger charge is -2.16. The van der Waals surface area contributed by atoms with Gasteiger partial charge in [-0.15, -0.1) is 6.58 Å². The summed E-state index contributed by atoms with van der Waals surface area (Å²) < 4.78 is 13.3. The van der Waals surface area contributed by atoms with Crippen LogP contribution >= 0.6 is 0 Å². The highest BCUT2D eigenvalue weighted by molar-refractivity contribution is 5.19. The molecule has 1 atom stereocenters. The van der Waals surface area contributed by atoms with Crippen LogP contribution in [0.4, 0.5) is 4.39 Å². The van der Waals surface area contributed by atoms with Gasteiger partial charge in [0.05, 0.1) is 6.20 Å². The van der Waals surface area contributed by atoms with E-state index in [0.29, 0.717) is 5.56 Å². The molecule has 0 aliphatic carbocycles. The van der Waals surface area contributed by atoms with Gasteiger partial charge in [0.2, 0.25) is 0 Å². The molecule has 0 aromatic carbocycles. The number of halogens is 1. The van der Waals surface area contributed by atoms with Crippen LogP contribution in [0.2, 0.25) is 0 Å². The average molecular weight is 194 g/mol. The fraction of sp³-hybridized carbons (Fsp3) is 0.364. The molecule has 14 heavy (non-hydrogen) atoms. The molecule has 0 radical (unpaired) electrons. The lowest BCUT2D eigenvalue weighted by molar-refractivity contribution is 0.529. The number of nitrogens with one attached hydrogen (secondary N) is 1. The summed E-state index contributed by atoms with van der Waals surface area (Å²) in [7, 11) is 1.81. The fourth-order valence-electron chi connectivity index (χ4n) is 1.38. The molecule has 3 heteroatoms. The number of rotatable bonds is 4. The third kappa shape index (κ3) is 2.64. The quantitative estimate of drug-likeness (QED) is 0.745. The summed E-state index contributed by atoms with van der Waals surface area (Å²) in [5.74, 6) is -0.270. The second kappa shape index (κ2) is 4.86. The second-order valence-corrected chi connectivity index (χ2v) is 3.40. The minimum Gasteiger partial charge on any atom is -0.313 e. The minimum atomic E-state index is -0.270. The van der Waals surface area contributed by atoms with Gasteiger partial charge in [0.15, 0.2) is 0 Å². The van der Waals surface area contributed by atoms with Crippen LogP contribution in [-0.2, 0) is 0 Å². The first kappa shape index (κ1) is 10.9. The standard InChI is InChI=1S/C11H15FN2/c1-8(2)6-11(13-3)9-4-5-14-7-10(9)12/h4-5,7,11,13H,1,6H2,2-3H3. The largest absolute Gasteiger partial charge is 0.313 e. The Kier molecular flexibility index (Phi) is 3.77. The summed E-state index contributed by atoms with van der Waals surface area (Å²) >= 11 is 0. The SMILES string of the molecule is C=C(C)CC(NC)c1ccncc1F. The topological polar surface area (TPSA) is 24.9 Å². The first-order valence-corrected chi connectivity index (χ1v) is 4.56. The molecule has 0 saturated carbocycles. The van der Waals surface area contributed by atoms with Crippen molar-refractivity contribution in [2.24, 2.45) is 0 Å². The third-order valence-electron chi connectivity index (χ3n) is 2.08. The monoisotopic (exact) mass is 194 g/mol. The lowest BCUT2D eigenvalue weighted by atomic mass is 10.0. The Morgan fingerprint density at radius 3 is 2.93 bits per heavy atom. The molecule has 0 bridgehead atoms. The van der Waals surface area contributed by atoms with Crippen LogP contribution in [-0.4, -0.2) is 12.0 Å². The van der Waals surface area contributed by atoms with Crippen LogP contribution in [0.25, 0.3) is 0 Å². The Morgan fingerprint density at radius 1 is 1.71 bits per heavy atom. The van der Waals surface area contributed by atoms with E-state index >= 15 is 0 Å². The molecule has 0 fully saturated rings. The Morgan fingerprint density at radius 2 is 2.43 bits per heavy atom. The van der Waals surface area contributed by atoms with Crippen molar-refractivity contribution in [3.05, 3.63) is 42.0 Å². The average Bonchev–Trinajstić information content (AvgIpc) is 2.15. The van der Waals surface area contributed by atoms with E-state index in [1.165, 1.54) is 6.20 Å². The molecule has 2 nitrogen and oxygen atoms in total.